The molecular weight excluding hydrogens is 402 g/mol. The van der Waals surface area contributed by atoms with Crippen LogP contribution in [0.3, 0.4) is 0 Å². The molecule has 0 fully saturated rings. The van der Waals surface area contributed by atoms with Gasteiger partial charge in [-0.15, -0.1) is 0 Å². The fraction of sp³-hybridized carbons (Fsp3) is 0.0952. The monoisotopic (exact) mass is 418 g/mol. The third kappa shape index (κ3) is 4.94. The summed E-state index contributed by atoms with van der Waals surface area (Å²) >= 11 is 11.9. The molecule has 0 bridgehead atoms. The highest BCUT2D eigenvalue weighted by atomic mass is 35.5. The third-order valence-electron chi connectivity index (χ3n) is 4.01. The van der Waals surface area contributed by atoms with Crippen molar-refractivity contribution < 1.29 is 13.9 Å². The lowest BCUT2D eigenvalue weighted by atomic mass is 10.2. The van der Waals surface area contributed by atoms with Gasteiger partial charge in [-0.1, -0.05) is 35.3 Å². The van der Waals surface area contributed by atoms with Crippen LogP contribution in [0.1, 0.15) is 15.9 Å². The maximum Gasteiger partial charge on any atom is 0.255 e. The molecule has 28 heavy (non-hydrogen) atoms. The number of hydrogen-bond acceptors (Lipinski definition) is 3. The highest BCUT2D eigenvalue weighted by Crippen LogP contribution is 2.29. The van der Waals surface area contributed by atoms with Crippen molar-refractivity contribution in [2.24, 2.45) is 0 Å². The van der Waals surface area contributed by atoms with Gasteiger partial charge in [0.25, 0.3) is 5.91 Å². The van der Waals surface area contributed by atoms with Gasteiger partial charge in [-0.3, -0.25) is 4.79 Å². The van der Waals surface area contributed by atoms with Crippen molar-refractivity contribution in [3.8, 4) is 5.75 Å². The molecule has 3 aromatic rings. The molecule has 0 spiro atoms. The maximum atomic E-state index is 13.3. The molecule has 0 aliphatic heterocycles. The Labute approximate surface area is 172 Å². The van der Waals surface area contributed by atoms with Crippen molar-refractivity contribution in [2.45, 2.75) is 6.54 Å². The lowest BCUT2D eigenvalue weighted by Gasteiger charge is -2.14. The lowest BCUT2D eigenvalue weighted by molar-refractivity contribution is 0.102. The quantitative estimate of drug-likeness (QED) is 0.515. The molecule has 3 aromatic carbocycles. The Morgan fingerprint density at radius 3 is 2.57 bits per heavy atom. The molecule has 0 aliphatic rings. The number of ether oxygens (including phenoxy) is 1. The summed E-state index contributed by atoms with van der Waals surface area (Å²) in [4.78, 5) is 12.5. The van der Waals surface area contributed by atoms with Gasteiger partial charge in [0.15, 0.2) is 0 Å². The van der Waals surface area contributed by atoms with E-state index in [1.165, 1.54) is 18.2 Å². The minimum atomic E-state index is -0.320. The summed E-state index contributed by atoms with van der Waals surface area (Å²) < 4.78 is 18.7. The molecule has 2 N–H and O–H groups in total. The SMILES string of the molecule is COc1ccc(NC(=O)c2ccc(Cl)c(Cl)c2)cc1NCc1cccc(F)c1. The van der Waals surface area contributed by atoms with Crippen molar-refractivity contribution in [1.29, 1.82) is 0 Å². The molecule has 144 valence electrons. The standard InChI is InChI=1S/C21H17Cl2FN2O2/c1-28-20-8-6-16(26-21(27)14-5-7-17(22)18(23)10-14)11-19(20)25-12-13-3-2-4-15(24)9-13/h2-11,25H,12H2,1H3,(H,26,27). The van der Waals surface area contributed by atoms with Gasteiger partial charge >= 0.3 is 0 Å². The van der Waals surface area contributed by atoms with Crippen molar-refractivity contribution >= 4 is 40.5 Å². The van der Waals surface area contributed by atoms with Crippen LogP contribution in [0.4, 0.5) is 15.8 Å². The van der Waals surface area contributed by atoms with Gasteiger partial charge in [-0.05, 0) is 54.1 Å². The second-order valence-corrected chi connectivity index (χ2v) is 6.80. The Balaban J connectivity index is 1.76. The first-order valence-corrected chi connectivity index (χ1v) is 9.14. The molecule has 0 unspecified atom stereocenters. The molecule has 7 heteroatoms. The molecule has 0 saturated heterocycles. The first-order valence-electron chi connectivity index (χ1n) is 8.39. The summed E-state index contributed by atoms with van der Waals surface area (Å²) in [7, 11) is 1.55. The van der Waals surface area contributed by atoms with E-state index in [1.807, 2.05) is 6.07 Å². The predicted molar refractivity (Wildman–Crippen MR) is 111 cm³/mol. The van der Waals surface area contributed by atoms with Crippen LogP contribution in [-0.2, 0) is 6.54 Å². The summed E-state index contributed by atoms with van der Waals surface area (Å²) in [6.07, 6.45) is 0. The number of benzene rings is 3. The van der Waals surface area contributed by atoms with Crippen LogP contribution in [-0.4, -0.2) is 13.0 Å². The highest BCUT2D eigenvalue weighted by Gasteiger charge is 2.11. The third-order valence-corrected chi connectivity index (χ3v) is 4.75. The van der Waals surface area contributed by atoms with E-state index >= 15 is 0 Å². The van der Waals surface area contributed by atoms with Crippen LogP contribution in [0.2, 0.25) is 10.0 Å². The molecule has 0 aromatic heterocycles. The Bertz CT molecular complexity index is 1010. The first-order chi connectivity index (χ1) is 13.5. The van der Waals surface area contributed by atoms with Gasteiger partial charge in [0.2, 0.25) is 0 Å². The minimum absolute atomic E-state index is 0.297. The summed E-state index contributed by atoms with van der Waals surface area (Å²) in [6.45, 7) is 0.401. The van der Waals surface area contributed by atoms with Gasteiger partial charge in [-0.2, -0.15) is 0 Å². The molecule has 0 radical (unpaired) electrons. The van der Waals surface area contributed by atoms with Crippen molar-refractivity contribution in [2.75, 3.05) is 17.7 Å². The maximum absolute atomic E-state index is 13.3. The average molecular weight is 419 g/mol. The van der Waals surface area contributed by atoms with Crippen molar-refractivity contribution in [3.05, 3.63) is 87.7 Å². The smallest absolute Gasteiger partial charge is 0.255 e. The molecule has 3 rings (SSSR count). The molecule has 0 atom stereocenters. The number of amides is 1. The van der Waals surface area contributed by atoms with E-state index in [2.05, 4.69) is 10.6 Å². The van der Waals surface area contributed by atoms with Crippen LogP contribution in [0, 0.1) is 5.82 Å². The molecule has 0 aliphatic carbocycles. The molecule has 1 amide bonds. The zero-order valence-corrected chi connectivity index (χ0v) is 16.4. The van der Waals surface area contributed by atoms with Crippen LogP contribution in [0.5, 0.6) is 5.75 Å². The van der Waals surface area contributed by atoms with Gasteiger partial charge in [-0.25, -0.2) is 4.39 Å². The highest BCUT2D eigenvalue weighted by molar-refractivity contribution is 6.42. The number of nitrogens with one attached hydrogen (secondary N) is 2. The first kappa shape index (κ1) is 20.0. The zero-order chi connectivity index (χ0) is 20.1. The van der Waals surface area contributed by atoms with Gasteiger partial charge in [0.1, 0.15) is 11.6 Å². The number of carbonyl (C=O) groups excluding carboxylic acids is 1. The second kappa shape index (κ2) is 8.95. The zero-order valence-electron chi connectivity index (χ0n) is 14.9. The Kier molecular flexibility index (Phi) is 6.39. The molecule has 0 saturated carbocycles. The van der Waals surface area contributed by atoms with E-state index < -0.39 is 0 Å². The van der Waals surface area contributed by atoms with E-state index in [1.54, 1.807) is 43.5 Å². The predicted octanol–water partition coefficient (Wildman–Crippen LogP) is 6.01. The number of halogens is 3. The summed E-state index contributed by atoms with van der Waals surface area (Å²) in [6, 6.07) is 16.2. The number of anilines is 2. The van der Waals surface area contributed by atoms with Crippen LogP contribution >= 0.6 is 23.2 Å². The van der Waals surface area contributed by atoms with E-state index in [0.717, 1.165) is 5.56 Å². The number of hydrogen-bond donors (Lipinski definition) is 2. The van der Waals surface area contributed by atoms with Crippen molar-refractivity contribution in [1.82, 2.24) is 0 Å². The lowest BCUT2D eigenvalue weighted by Crippen LogP contribution is -2.12. The Hall–Kier alpha value is -2.76. The van der Waals surface area contributed by atoms with Crippen LogP contribution < -0.4 is 15.4 Å². The summed E-state index contributed by atoms with van der Waals surface area (Å²) in [5.41, 5.74) is 2.41. The van der Waals surface area contributed by atoms with E-state index in [4.69, 9.17) is 27.9 Å². The van der Waals surface area contributed by atoms with E-state index in [0.29, 0.717) is 39.3 Å². The fourth-order valence-electron chi connectivity index (χ4n) is 2.61. The Morgan fingerprint density at radius 2 is 1.86 bits per heavy atom. The summed E-state index contributed by atoms with van der Waals surface area (Å²) in [5, 5.41) is 6.69. The van der Waals surface area contributed by atoms with Crippen LogP contribution in [0.25, 0.3) is 0 Å². The molecule has 0 heterocycles. The topological polar surface area (TPSA) is 50.4 Å². The van der Waals surface area contributed by atoms with Gasteiger partial charge < -0.3 is 15.4 Å². The van der Waals surface area contributed by atoms with Gasteiger partial charge in [0.05, 0.1) is 22.8 Å². The molecular formula is C21H17Cl2FN2O2. The number of carbonyl (C=O) groups is 1. The van der Waals surface area contributed by atoms with E-state index in [-0.39, 0.29) is 11.7 Å². The van der Waals surface area contributed by atoms with E-state index in [9.17, 15) is 9.18 Å². The second-order valence-electron chi connectivity index (χ2n) is 5.98. The van der Waals surface area contributed by atoms with Crippen molar-refractivity contribution in [3.63, 3.8) is 0 Å². The largest absolute Gasteiger partial charge is 0.495 e. The average Bonchev–Trinajstić information content (AvgIpc) is 2.68. The van der Waals surface area contributed by atoms with Crippen LogP contribution in [0.15, 0.2) is 60.7 Å². The number of methoxy groups -OCH3 is 1. The van der Waals surface area contributed by atoms with Gasteiger partial charge in [0, 0.05) is 17.8 Å². The number of rotatable bonds is 6. The minimum Gasteiger partial charge on any atom is -0.495 e. The molecule has 4 nitrogen and oxygen atoms in total. The fourth-order valence-corrected chi connectivity index (χ4v) is 2.91. The Morgan fingerprint density at radius 1 is 1.04 bits per heavy atom. The summed E-state index contributed by atoms with van der Waals surface area (Å²) in [5.74, 6) is -0.0161. The normalized spacial score (nSPS) is 10.4.